The smallest absolute Gasteiger partial charge is 0.128 e. The van der Waals surface area contributed by atoms with Gasteiger partial charge in [0.15, 0.2) is 0 Å². The highest BCUT2D eigenvalue weighted by molar-refractivity contribution is 5.37. The predicted octanol–water partition coefficient (Wildman–Crippen LogP) is 1.45. The molecule has 1 atom stereocenters. The quantitative estimate of drug-likeness (QED) is 0.855. The molecule has 0 saturated carbocycles. The van der Waals surface area contributed by atoms with Crippen molar-refractivity contribution < 1.29 is 4.74 Å². The highest BCUT2D eigenvalue weighted by Gasteiger charge is 2.24. The van der Waals surface area contributed by atoms with Crippen molar-refractivity contribution in [3.63, 3.8) is 0 Å². The van der Waals surface area contributed by atoms with Crippen LogP contribution in [-0.4, -0.2) is 53.2 Å². The molecular weight excluding hydrogens is 278 g/mol. The molecule has 0 N–H and O–H groups in total. The molecule has 22 heavy (non-hydrogen) atoms. The fourth-order valence-electron chi connectivity index (χ4n) is 2.64. The van der Waals surface area contributed by atoms with Gasteiger partial charge in [0.25, 0.3) is 0 Å². The molecule has 0 bridgehead atoms. The highest BCUT2D eigenvalue weighted by atomic mass is 16.5. The summed E-state index contributed by atoms with van der Waals surface area (Å²) in [6, 6.07) is 6.10. The minimum Gasteiger partial charge on any atom is -0.369 e. The zero-order chi connectivity index (χ0) is 15.5. The Labute approximate surface area is 131 Å². The van der Waals surface area contributed by atoms with Crippen molar-refractivity contribution in [3.05, 3.63) is 42.1 Å². The van der Waals surface area contributed by atoms with E-state index in [9.17, 15) is 0 Å². The highest BCUT2D eigenvalue weighted by Crippen LogP contribution is 2.23. The number of hydrogen-bond acceptors (Lipinski definition) is 5. The first-order valence-corrected chi connectivity index (χ1v) is 7.58. The number of morpholine rings is 1. The van der Waals surface area contributed by atoms with Crippen LogP contribution in [0, 0.1) is 0 Å². The summed E-state index contributed by atoms with van der Waals surface area (Å²) in [7, 11) is 6.03. The molecule has 1 fully saturated rings. The van der Waals surface area contributed by atoms with Crippen LogP contribution in [-0.2, 0) is 18.3 Å². The Kier molecular flexibility index (Phi) is 4.40. The van der Waals surface area contributed by atoms with Gasteiger partial charge in [-0.1, -0.05) is 6.07 Å². The number of aromatic nitrogens is 3. The van der Waals surface area contributed by atoms with Gasteiger partial charge in [-0.15, -0.1) is 0 Å². The molecule has 2 aromatic rings. The molecule has 0 unspecified atom stereocenters. The predicted molar refractivity (Wildman–Crippen MR) is 85.7 cm³/mol. The van der Waals surface area contributed by atoms with Crippen LogP contribution in [0.25, 0.3) is 0 Å². The van der Waals surface area contributed by atoms with Gasteiger partial charge in [0.2, 0.25) is 0 Å². The molecular formula is C16H23N5O. The summed E-state index contributed by atoms with van der Waals surface area (Å²) in [6.45, 7) is 3.34. The van der Waals surface area contributed by atoms with Crippen molar-refractivity contribution in [1.29, 1.82) is 0 Å². The van der Waals surface area contributed by atoms with Gasteiger partial charge in [-0.3, -0.25) is 4.90 Å². The lowest BCUT2D eigenvalue weighted by Gasteiger charge is -2.32. The first-order valence-electron chi connectivity index (χ1n) is 7.58. The summed E-state index contributed by atoms with van der Waals surface area (Å²) in [4.78, 5) is 13.5. The number of nitrogens with zero attached hydrogens (tertiary/aromatic N) is 5. The lowest BCUT2D eigenvalue weighted by molar-refractivity contribution is -0.0358. The molecule has 1 aliphatic heterocycles. The minimum atomic E-state index is 0.0221. The zero-order valence-corrected chi connectivity index (χ0v) is 13.4. The Hall–Kier alpha value is -1.92. The van der Waals surface area contributed by atoms with Crippen LogP contribution in [0.3, 0.4) is 0 Å². The second-order valence-electron chi connectivity index (χ2n) is 5.86. The Bertz CT molecular complexity index is 625. The van der Waals surface area contributed by atoms with Crippen molar-refractivity contribution in [3.8, 4) is 0 Å². The van der Waals surface area contributed by atoms with E-state index >= 15 is 0 Å². The molecule has 0 spiro atoms. The number of rotatable bonds is 4. The third kappa shape index (κ3) is 3.28. The number of pyridine rings is 1. The first kappa shape index (κ1) is 15.0. The van der Waals surface area contributed by atoms with E-state index in [1.807, 2.05) is 56.6 Å². The molecule has 0 aliphatic carbocycles. The minimum absolute atomic E-state index is 0.0221. The standard InChI is InChI=1S/C16H23N5O/c1-19(2)15-6-4-5-13(18-15)14-11-21(9-10-22-14)12-16-17-7-8-20(16)3/h4-8,14H,9-12H2,1-3H3/t14-/m0/s1. The fraction of sp³-hybridized carbons (Fsp3) is 0.500. The first-order chi connectivity index (χ1) is 10.6. The van der Waals surface area contributed by atoms with Crippen LogP contribution < -0.4 is 4.90 Å². The van der Waals surface area contributed by atoms with Gasteiger partial charge >= 0.3 is 0 Å². The third-order valence-corrected chi connectivity index (χ3v) is 3.98. The second-order valence-corrected chi connectivity index (χ2v) is 5.86. The number of anilines is 1. The van der Waals surface area contributed by atoms with Gasteiger partial charge in [-0.2, -0.15) is 0 Å². The number of hydrogen-bond donors (Lipinski definition) is 0. The maximum atomic E-state index is 5.93. The number of imidazole rings is 1. The Morgan fingerprint density at radius 3 is 2.95 bits per heavy atom. The van der Waals surface area contributed by atoms with Gasteiger partial charge in [0, 0.05) is 46.6 Å². The largest absolute Gasteiger partial charge is 0.369 e. The van der Waals surface area contributed by atoms with Crippen molar-refractivity contribution in [2.45, 2.75) is 12.6 Å². The lowest BCUT2D eigenvalue weighted by Crippen LogP contribution is -2.38. The molecule has 6 nitrogen and oxygen atoms in total. The Morgan fingerprint density at radius 2 is 2.23 bits per heavy atom. The van der Waals surface area contributed by atoms with Crippen LogP contribution in [0.5, 0.6) is 0 Å². The molecule has 2 aromatic heterocycles. The summed E-state index contributed by atoms with van der Waals surface area (Å²) >= 11 is 0. The molecule has 118 valence electrons. The van der Waals surface area contributed by atoms with E-state index in [0.717, 1.165) is 43.6 Å². The van der Waals surface area contributed by atoms with Crippen LogP contribution in [0.15, 0.2) is 30.6 Å². The summed E-state index contributed by atoms with van der Waals surface area (Å²) in [5, 5.41) is 0. The van der Waals surface area contributed by atoms with E-state index in [0.29, 0.717) is 0 Å². The molecule has 1 aliphatic rings. The number of aryl methyl sites for hydroxylation is 1. The normalized spacial score (nSPS) is 19.3. The van der Waals surface area contributed by atoms with Gasteiger partial charge in [0.05, 0.1) is 18.8 Å². The van der Waals surface area contributed by atoms with E-state index in [4.69, 9.17) is 9.72 Å². The lowest BCUT2D eigenvalue weighted by atomic mass is 10.2. The van der Waals surface area contributed by atoms with Crippen molar-refractivity contribution in [1.82, 2.24) is 19.4 Å². The van der Waals surface area contributed by atoms with Crippen molar-refractivity contribution >= 4 is 5.82 Å². The fourth-order valence-corrected chi connectivity index (χ4v) is 2.64. The van der Waals surface area contributed by atoms with Gasteiger partial charge < -0.3 is 14.2 Å². The molecule has 0 radical (unpaired) electrons. The molecule has 1 saturated heterocycles. The van der Waals surface area contributed by atoms with Gasteiger partial charge in [0.1, 0.15) is 17.7 Å². The summed E-state index contributed by atoms with van der Waals surface area (Å²) in [5.41, 5.74) is 0.996. The van der Waals surface area contributed by atoms with Crippen molar-refractivity contribution in [2.24, 2.45) is 7.05 Å². The number of ether oxygens (including phenoxy) is 1. The van der Waals surface area contributed by atoms with Crippen molar-refractivity contribution in [2.75, 3.05) is 38.7 Å². The Morgan fingerprint density at radius 1 is 1.36 bits per heavy atom. The zero-order valence-electron chi connectivity index (χ0n) is 13.4. The molecule has 3 rings (SSSR count). The van der Waals surface area contributed by atoms with Gasteiger partial charge in [-0.25, -0.2) is 9.97 Å². The van der Waals surface area contributed by atoms with Gasteiger partial charge in [-0.05, 0) is 12.1 Å². The average Bonchev–Trinajstić information content (AvgIpc) is 2.93. The third-order valence-electron chi connectivity index (χ3n) is 3.98. The molecule has 3 heterocycles. The topological polar surface area (TPSA) is 46.4 Å². The van der Waals surface area contributed by atoms with E-state index in [-0.39, 0.29) is 6.10 Å². The van der Waals surface area contributed by atoms with Crippen LogP contribution in [0.2, 0.25) is 0 Å². The SMILES string of the molecule is CN(C)c1cccc([C@@H]2CN(Cc3nccn3C)CCO2)n1. The summed E-state index contributed by atoms with van der Waals surface area (Å²) in [6.07, 6.45) is 3.85. The van der Waals surface area contributed by atoms with Crippen LogP contribution >= 0.6 is 0 Å². The summed E-state index contributed by atoms with van der Waals surface area (Å²) in [5.74, 6) is 2.04. The van der Waals surface area contributed by atoms with E-state index in [1.165, 1.54) is 0 Å². The monoisotopic (exact) mass is 301 g/mol. The van der Waals surface area contributed by atoms with E-state index in [2.05, 4.69) is 14.5 Å². The van der Waals surface area contributed by atoms with Crippen LogP contribution in [0.1, 0.15) is 17.6 Å². The summed E-state index contributed by atoms with van der Waals surface area (Å²) < 4.78 is 7.99. The maximum Gasteiger partial charge on any atom is 0.128 e. The second kappa shape index (κ2) is 6.46. The van der Waals surface area contributed by atoms with E-state index in [1.54, 1.807) is 0 Å². The Balaban J connectivity index is 1.70. The van der Waals surface area contributed by atoms with Crippen LogP contribution in [0.4, 0.5) is 5.82 Å². The molecule has 0 aromatic carbocycles. The molecule has 0 amide bonds. The van der Waals surface area contributed by atoms with E-state index < -0.39 is 0 Å². The molecule has 6 heteroatoms. The maximum absolute atomic E-state index is 5.93. The average molecular weight is 301 g/mol.